The molecule has 0 aliphatic carbocycles. The predicted molar refractivity (Wildman–Crippen MR) is 78.0 cm³/mol. The topological polar surface area (TPSA) is 29.3 Å². The molecule has 17 heavy (non-hydrogen) atoms. The second-order valence-corrected chi connectivity index (χ2v) is 5.55. The van der Waals surface area contributed by atoms with E-state index in [4.69, 9.17) is 29.6 Å². The largest absolute Gasteiger partial charge is 0.389 e. The number of piperidine rings is 1. The zero-order valence-corrected chi connectivity index (χ0v) is 11.5. The van der Waals surface area contributed by atoms with E-state index in [0.29, 0.717) is 4.99 Å². The molecule has 0 unspecified atom stereocenters. The molecule has 0 aromatic heterocycles. The maximum Gasteiger partial charge on any atom is 0.104 e. The molecule has 2 N–H and O–H groups in total. The molecular weight excluding hydrogens is 252 g/mol. The molecule has 4 heteroatoms. The molecule has 1 aliphatic heterocycles. The summed E-state index contributed by atoms with van der Waals surface area (Å²) in [6.07, 6.45) is 2.46. The monoisotopic (exact) mass is 268 g/mol. The Morgan fingerprint density at radius 3 is 2.59 bits per heavy atom. The number of rotatable bonds is 2. The summed E-state index contributed by atoms with van der Waals surface area (Å²) in [7, 11) is 0. The maximum atomic E-state index is 6.29. The minimum absolute atomic E-state index is 0.394. The van der Waals surface area contributed by atoms with Gasteiger partial charge in [-0.05, 0) is 37.0 Å². The molecule has 0 saturated carbocycles. The lowest BCUT2D eigenvalue weighted by Gasteiger charge is -2.32. The maximum absolute atomic E-state index is 6.29. The minimum Gasteiger partial charge on any atom is -0.389 e. The fourth-order valence-corrected chi connectivity index (χ4v) is 2.59. The number of benzene rings is 1. The van der Waals surface area contributed by atoms with Crippen molar-refractivity contribution in [2.45, 2.75) is 19.8 Å². The first kappa shape index (κ1) is 12.7. The van der Waals surface area contributed by atoms with Gasteiger partial charge >= 0.3 is 0 Å². The van der Waals surface area contributed by atoms with Crippen molar-refractivity contribution in [1.82, 2.24) is 0 Å². The molecule has 2 nitrogen and oxygen atoms in total. The normalized spacial score (nSPS) is 17.2. The molecule has 0 radical (unpaired) electrons. The highest BCUT2D eigenvalue weighted by Gasteiger charge is 2.18. The van der Waals surface area contributed by atoms with Gasteiger partial charge < -0.3 is 10.6 Å². The van der Waals surface area contributed by atoms with Gasteiger partial charge in [0.1, 0.15) is 4.99 Å². The van der Waals surface area contributed by atoms with Crippen LogP contribution in [0.15, 0.2) is 18.2 Å². The molecule has 0 spiro atoms. The predicted octanol–water partition coefficient (Wildman–Crippen LogP) is 3.21. The molecule has 2 rings (SSSR count). The Morgan fingerprint density at radius 2 is 2.06 bits per heavy atom. The molecule has 0 amide bonds. The van der Waals surface area contributed by atoms with Crippen LogP contribution in [0.1, 0.15) is 25.3 Å². The van der Waals surface area contributed by atoms with E-state index < -0.39 is 0 Å². The molecule has 1 aromatic carbocycles. The SMILES string of the molecule is CC1CCN(c2ccc(C(N)=S)cc2Cl)CC1. The first-order chi connectivity index (χ1) is 8.08. The van der Waals surface area contributed by atoms with E-state index in [-0.39, 0.29) is 0 Å². The van der Waals surface area contributed by atoms with Gasteiger partial charge in [-0.1, -0.05) is 30.7 Å². The number of anilines is 1. The standard InChI is InChI=1S/C13H17ClN2S/c1-9-4-6-16(7-5-9)12-3-2-10(13(15)17)8-11(12)14/h2-3,8-9H,4-7H2,1H3,(H2,15,17). The molecule has 0 atom stereocenters. The Morgan fingerprint density at radius 1 is 1.41 bits per heavy atom. The molecule has 1 saturated heterocycles. The van der Waals surface area contributed by atoms with Crippen LogP contribution >= 0.6 is 23.8 Å². The average Bonchev–Trinajstić information content (AvgIpc) is 2.30. The van der Waals surface area contributed by atoms with E-state index >= 15 is 0 Å². The van der Waals surface area contributed by atoms with Gasteiger partial charge in [0, 0.05) is 18.7 Å². The van der Waals surface area contributed by atoms with Gasteiger partial charge in [0.2, 0.25) is 0 Å². The molecule has 0 bridgehead atoms. The van der Waals surface area contributed by atoms with Gasteiger partial charge in [-0.2, -0.15) is 0 Å². The summed E-state index contributed by atoms with van der Waals surface area (Å²) >= 11 is 11.2. The second kappa shape index (κ2) is 5.23. The number of nitrogens with two attached hydrogens (primary N) is 1. The molecule has 1 aromatic rings. The van der Waals surface area contributed by atoms with E-state index in [1.54, 1.807) is 0 Å². The highest BCUT2D eigenvalue weighted by molar-refractivity contribution is 7.80. The van der Waals surface area contributed by atoms with Crippen LogP contribution in [0.2, 0.25) is 5.02 Å². The number of nitrogens with zero attached hydrogens (tertiary/aromatic N) is 1. The van der Waals surface area contributed by atoms with Crippen LogP contribution < -0.4 is 10.6 Å². The summed E-state index contributed by atoms with van der Waals surface area (Å²) < 4.78 is 0. The Balaban J connectivity index is 2.19. The first-order valence-corrected chi connectivity index (χ1v) is 6.71. The molecule has 1 heterocycles. The molecular formula is C13H17ClN2S. The van der Waals surface area contributed by atoms with Crippen LogP contribution in [-0.2, 0) is 0 Å². The van der Waals surface area contributed by atoms with Crippen molar-refractivity contribution >= 4 is 34.5 Å². The summed E-state index contributed by atoms with van der Waals surface area (Å²) in [6.45, 7) is 4.45. The van der Waals surface area contributed by atoms with Gasteiger partial charge in [-0.3, -0.25) is 0 Å². The van der Waals surface area contributed by atoms with Crippen molar-refractivity contribution in [2.75, 3.05) is 18.0 Å². The lowest BCUT2D eigenvalue weighted by atomic mass is 9.98. The first-order valence-electron chi connectivity index (χ1n) is 5.92. The summed E-state index contributed by atoms with van der Waals surface area (Å²) in [6, 6.07) is 5.83. The number of hydrogen-bond donors (Lipinski definition) is 1. The number of halogens is 1. The fourth-order valence-electron chi connectivity index (χ4n) is 2.17. The van der Waals surface area contributed by atoms with Crippen LogP contribution in [0.4, 0.5) is 5.69 Å². The van der Waals surface area contributed by atoms with Gasteiger partial charge in [-0.25, -0.2) is 0 Å². The van der Waals surface area contributed by atoms with Crippen LogP contribution in [0.5, 0.6) is 0 Å². The zero-order chi connectivity index (χ0) is 12.4. The van der Waals surface area contributed by atoms with Crippen molar-refractivity contribution < 1.29 is 0 Å². The Labute approximate surface area is 113 Å². The van der Waals surface area contributed by atoms with Crippen molar-refractivity contribution in [2.24, 2.45) is 11.7 Å². The van der Waals surface area contributed by atoms with Crippen LogP contribution in [0, 0.1) is 5.92 Å². The van der Waals surface area contributed by atoms with E-state index in [9.17, 15) is 0 Å². The third-order valence-corrected chi connectivity index (χ3v) is 3.89. The lowest BCUT2D eigenvalue weighted by Crippen LogP contribution is -2.33. The highest BCUT2D eigenvalue weighted by atomic mass is 35.5. The zero-order valence-electron chi connectivity index (χ0n) is 9.95. The summed E-state index contributed by atoms with van der Waals surface area (Å²) in [5.41, 5.74) is 7.52. The smallest absolute Gasteiger partial charge is 0.104 e. The van der Waals surface area contributed by atoms with Crippen LogP contribution in [-0.4, -0.2) is 18.1 Å². The van der Waals surface area contributed by atoms with E-state index in [1.165, 1.54) is 12.8 Å². The van der Waals surface area contributed by atoms with Gasteiger partial charge in [0.15, 0.2) is 0 Å². The molecule has 1 aliphatic rings. The quantitative estimate of drug-likeness (QED) is 0.836. The fraction of sp³-hybridized carbons (Fsp3) is 0.462. The van der Waals surface area contributed by atoms with E-state index in [0.717, 1.165) is 35.3 Å². The van der Waals surface area contributed by atoms with Gasteiger partial charge in [-0.15, -0.1) is 0 Å². The van der Waals surface area contributed by atoms with Crippen LogP contribution in [0.25, 0.3) is 0 Å². The second-order valence-electron chi connectivity index (χ2n) is 4.70. The van der Waals surface area contributed by atoms with Gasteiger partial charge in [0.05, 0.1) is 10.7 Å². The van der Waals surface area contributed by atoms with Crippen molar-refractivity contribution in [1.29, 1.82) is 0 Å². The molecule has 92 valence electrons. The third-order valence-electron chi connectivity index (χ3n) is 3.36. The van der Waals surface area contributed by atoms with Crippen molar-refractivity contribution in [3.8, 4) is 0 Å². The summed E-state index contributed by atoms with van der Waals surface area (Å²) in [5.74, 6) is 0.820. The molecule has 1 fully saturated rings. The number of hydrogen-bond acceptors (Lipinski definition) is 2. The number of thiocarbonyl (C=S) groups is 1. The lowest BCUT2D eigenvalue weighted by molar-refractivity contribution is 0.438. The average molecular weight is 269 g/mol. The summed E-state index contributed by atoms with van der Waals surface area (Å²) in [4.78, 5) is 2.73. The summed E-state index contributed by atoms with van der Waals surface area (Å²) in [5, 5.41) is 0.741. The minimum atomic E-state index is 0.394. The van der Waals surface area contributed by atoms with Crippen molar-refractivity contribution in [3.05, 3.63) is 28.8 Å². The van der Waals surface area contributed by atoms with Crippen LogP contribution in [0.3, 0.4) is 0 Å². The Hall–Kier alpha value is -0.800. The van der Waals surface area contributed by atoms with Crippen molar-refractivity contribution in [3.63, 3.8) is 0 Å². The van der Waals surface area contributed by atoms with E-state index in [1.807, 2.05) is 18.2 Å². The van der Waals surface area contributed by atoms with E-state index in [2.05, 4.69) is 11.8 Å². The Kier molecular flexibility index (Phi) is 3.89. The third kappa shape index (κ3) is 2.90. The highest BCUT2D eigenvalue weighted by Crippen LogP contribution is 2.30. The van der Waals surface area contributed by atoms with Gasteiger partial charge in [0.25, 0.3) is 0 Å². The Bertz CT molecular complexity index is 425.